The van der Waals surface area contributed by atoms with E-state index in [1.165, 1.54) is 12.0 Å². The van der Waals surface area contributed by atoms with Crippen LogP contribution in [-0.4, -0.2) is 11.9 Å². The first kappa shape index (κ1) is 21.1. The van der Waals surface area contributed by atoms with Gasteiger partial charge in [-0.05, 0) is 80.0 Å². The zero-order chi connectivity index (χ0) is 20.6. The SMILES string of the molecule is CCCc1ccc(OC(=O)c2ccc(OC(=O)[C@H]3CC[C@H](CC)CC3)cc2)cc1. The second-order valence-electron chi connectivity index (χ2n) is 7.85. The largest absolute Gasteiger partial charge is 0.426 e. The van der Waals surface area contributed by atoms with Gasteiger partial charge in [0.2, 0.25) is 0 Å². The van der Waals surface area contributed by atoms with Crippen LogP contribution in [0.5, 0.6) is 11.5 Å². The first-order chi connectivity index (χ1) is 14.1. The molecular formula is C25H30O4. The Morgan fingerprint density at radius 2 is 1.41 bits per heavy atom. The highest BCUT2D eigenvalue weighted by Gasteiger charge is 2.27. The number of rotatable bonds is 7. The van der Waals surface area contributed by atoms with Gasteiger partial charge in [-0.25, -0.2) is 4.79 Å². The molecule has 1 saturated carbocycles. The van der Waals surface area contributed by atoms with Gasteiger partial charge >= 0.3 is 11.9 Å². The third-order valence-corrected chi connectivity index (χ3v) is 5.74. The third kappa shape index (κ3) is 5.93. The highest BCUT2D eigenvalue weighted by atomic mass is 16.5. The summed E-state index contributed by atoms with van der Waals surface area (Å²) in [5, 5.41) is 0. The van der Waals surface area contributed by atoms with Crippen LogP contribution in [-0.2, 0) is 11.2 Å². The number of carbonyl (C=O) groups is 2. The van der Waals surface area contributed by atoms with Crippen LogP contribution in [0, 0.1) is 11.8 Å². The van der Waals surface area contributed by atoms with E-state index in [-0.39, 0.29) is 11.9 Å². The third-order valence-electron chi connectivity index (χ3n) is 5.74. The molecule has 4 nitrogen and oxygen atoms in total. The number of aryl methyl sites for hydroxylation is 1. The van der Waals surface area contributed by atoms with Crippen LogP contribution in [0.4, 0.5) is 0 Å². The van der Waals surface area contributed by atoms with Crippen LogP contribution in [0.1, 0.15) is 68.3 Å². The highest BCUT2D eigenvalue weighted by molar-refractivity contribution is 5.91. The molecule has 0 N–H and O–H groups in total. The van der Waals surface area contributed by atoms with E-state index in [0.29, 0.717) is 17.1 Å². The van der Waals surface area contributed by atoms with Crippen molar-refractivity contribution in [2.75, 3.05) is 0 Å². The standard InChI is InChI=1S/C25H30O4/c1-3-5-19-8-14-22(15-9-19)28-25(27)21-12-16-23(17-13-21)29-24(26)20-10-6-18(4-2)7-11-20/h8-9,12-18,20H,3-7,10-11H2,1-2H3/t18-,20-. The molecule has 0 amide bonds. The van der Waals surface area contributed by atoms with E-state index < -0.39 is 5.97 Å². The van der Waals surface area contributed by atoms with Gasteiger partial charge in [0.25, 0.3) is 0 Å². The molecule has 29 heavy (non-hydrogen) atoms. The quantitative estimate of drug-likeness (QED) is 0.428. The van der Waals surface area contributed by atoms with Crippen molar-refractivity contribution in [2.24, 2.45) is 11.8 Å². The first-order valence-electron chi connectivity index (χ1n) is 10.7. The van der Waals surface area contributed by atoms with E-state index in [1.807, 2.05) is 24.3 Å². The monoisotopic (exact) mass is 394 g/mol. The molecule has 0 saturated heterocycles. The van der Waals surface area contributed by atoms with Crippen LogP contribution < -0.4 is 9.47 Å². The predicted octanol–water partition coefficient (Wildman–Crippen LogP) is 5.98. The van der Waals surface area contributed by atoms with Gasteiger partial charge in [0.1, 0.15) is 11.5 Å². The summed E-state index contributed by atoms with van der Waals surface area (Å²) in [4.78, 5) is 24.7. The molecular weight excluding hydrogens is 364 g/mol. The lowest BCUT2D eigenvalue weighted by molar-refractivity contribution is -0.140. The fraction of sp³-hybridized carbons (Fsp3) is 0.440. The molecule has 0 aliphatic heterocycles. The molecule has 0 heterocycles. The topological polar surface area (TPSA) is 52.6 Å². The Morgan fingerprint density at radius 1 is 0.828 bits per heavy atom. The first-order valence-corrected chi connectivity index (χ1v) is 10.7. The van der Waals surface area contributed by atoms with Crippen molar-refractivity contribution < 1.29 is 19.1 Å². The van der Waals surface area contributed by atoms with Crippen molar-refractivity contribution in [2.45, 2.75) is 58.8 Å². The maximum Gasteiger partial charge on any atom is 0.343 e. The maximum absolute atomic E-state index is 12.4. The van der Waals surface area contributed by atoms with E-state index in [4.69, 9.17) is 9.47 Å². The molecule has 2 aromatic rings. The summed E-state index contributed by atoms with van der Waals surface area (Å²) in [5.74, 6) is 1.12. The Hall–Kier alpha value is -2.62. The number of hydrogen-bond donors (Lipinski definition) is 0. The van der Waals surface area contributed by atoms with Gasteiger partial charge in [-0.2, -0.15) is 0 Å². The van der Waals surface area contributed by atoms with Crippen molar-refractivity contribution in [3.05, 3.63) is 59.7 Å². The van der Waals surface area contributed by atoms with E-state index in [0.717, 1.165) is 44.4 Å². The number of esters is 2. The lowest BCUT2D eigenvalue weighted by Gasteiger charge is -2.26. The highest BCUT2D eigenvalue weighted by Crippen LogP contribution is 2.31. The van der Waals surface area contributed by atoms with Crippen LogP contribution >= 0.6 is 0 Å². The molecule has 0 spiro atoms. The Kier molecular flexibility index (Phi) is 7.45. The zero-order valence-corrected chi connectivity index (χ0v) is 17.4. The summed E-state index contributed by atoms with van der Waals surface area (Å²) in [5.41, 5.74) is 1.65. The second-order valence-corrected chi connectivity index (χ2v) is 7.85. The Morgan fingerprint density at radius 3 is 2.00 bits per heavy atom. The maximum atomic E-state index is 12.4. The second kappa shape index (κ2) is 10.2. The Balaban J connectivity index is 1.52. The predicted molar refractivity (Wildman–Crippen MR) is 113 cm³/mol. The van der Waals surface area contributed by atoms with E-state index >= 15 is 0 Å². The summed E-state index contributed by atoms with van der Waals surface area (Å²) in [6, 6.07) is 14.1. The molecule has 1 aliphatic rings. The Bertz CT molecular complexity index is 800. The normalized spacial score (nSPS) is 18.8. The minimum absolute atomic E-state index is 0.0156. The molecule has 4 heteroatoms. The molecule has 0 radical (unpaired) electrons. The van der Waals surface area contributed by atoms with Gasteiger partial charge in [0.05, 0.1) is 11.5 Å². The van der Waals surface area contributed by atoms with Crippen LogP contribution in [0.25, 0.3) is 0 Å². The molecule has 0 unspecified atom stereocenters. The van der Waals surface area contributed by atoms with Gasteiger partial charge in [-0.3, -0.25) is 4.79 Å². The Labute approximate surface area is 173 Å². The van der Waals surface area contributed by atoms with Gasteiger partial charge in [0.15, 0.2) is 0 Å². The van der Waals surface area contributed by atoms with Gasteiger partial charge in [-0.1, -0.05) is 38.8 Å². The summed E-state index contributed by atoms with van der Waals surface area (Å²) in [6.07, 6.45) is 7.27. The number of hydrogen-bond acceptors (Lipinski definition) is 4. The van der Waals surface area contributed by atoms with Gasteiger partial charge in [-0.15, -0.1) is 0 Å². The number of benzene rings is 2. The molecule has 0 aromatic heterocycles. The van der Waals surface area contributed by atoms with E-state index in [9.17, 15) is 9.59 Å². The lowest BCUT2D eigenvalue weighted by Crippen LogP contribution is -2.25. The summed E-state index contributed by atoms with van der Waals surface area (Å²) >= 11 is 0. The lowest BCUT2D eigenvalue weighted by atomic mass is 9.81. The smallest absolute Gasteiger partial charge is 0.343 e. The van der Waals surface area contributed by atoms with Crippen LogP contribution in [0.3, 0.4) is 0 Å². The molecule has 0 atom stereocenters. The molecule has 3 rings (SSSR count). The minimum Gasteiger partial charge on any atom is -0.426 e. The van der Waals surface area contributed by atoms with Crippen molar-refractivity contribution >= 4 is 11.9 Å². The van der Waals surface area contributed by atoms with E-state index in [1.54, 1.807) is 24.3 Å². The van der Waals surface area contributed by atoms with Crippen molar-refractivity contribution in [1.82, 2.24) is 0 Å². The van der Waals surface area contributed by atoms with Crippen molar-refractivity contribution in [3.8, 4) is 11.5 Å². The van der Waals surface area contributed by atoms with E-state index in [2.05, 4.69) is 13.8 Å². The fourth-order valence-corrected chi connectivity index (χ4v) is 3.84. The molecule has 154 valence electrons. The fourth-order valence-electron chi connectivity index (χ4n) is 3.84. The van der Waals surface area contributed by atoms with Crippen molar-refractivity contribution in [1.29, 1.82) is 0 Å². The van der Waals surface area contributed by atoms with Crippen LogP contribution in [0.15, 0.2) is 48.5 Å². The average molecular weight is 395 g/mol. The number of ether oxygens (including phenoxy) is 2. The average Bonchev–Trinajstić information content (AvgIpc) is 2.76. The van der Waals surface area contributed by atoms with Crippen molar-refractivity contribution in [3.63, 3.8) is 0 Å². The molecule has 2 aromatic carbocycles. The summed E-state index contributed by atoms with van der Waals surface area (Å²) in [6.45, 7) is 4.34. The molecule has 1 fully saturated rings. The number of carbonyl (C=O) groups excluding carboxylic acids is 2. The van der Waals surface area contributed by atoms with Gasteiger partial charge in [0, 0.05) is 0 Å². The minimum atomic E-state index is -0.427. The summed E-state index contributed by atoms with van der Waals surface area (Å²) in [7, 11) is 0. The zero-order valence-electron chi connectivity index (χ0n) is 17.4. The molecule has 0 bridgehead atoms. The molecule has 1 aliphatic carbocycles. The van der Waals surface area contributed by atoms with Gasteiger partial charge < -0.3 is 9.47 Å². The summed E-state index contributed by atoms with van der Waals surface area (Å²) < 4.78 is 10.9. The van der Waals surface area contributed by atoms with Crippen LogP contribution in [0.2, 0.25) is 0 Å².